The Morgan fingerprint density at radius 1 is 1.57 bits per heavy atom. The van der Waals surface area contributed by atoms with E-state index in [9.17, 15) is 4.79 Å². The lowest BCUT2D eigenvalue weighted by molar-refractivity contribution is -0.116. The first-order valence-corrected chi connectivity index (χ1v) is 9.49. The second-order valence-corrected chi connectivity index (χ2v) is 8.07. The van der Waals surface area contributed by atoms with Crippen LogP contribution in [-0.2, 0) is 17.8 Å². The number of amides is 1. The van der Waals surface area contributed by atoms with Gasteiger partial charge in [0.2, 0.25) is 5.91 Å². The van der Waals surface area contributed by atoms with Crippen LogP contribution in [0.4, 0.5) is 0 Å². The third-order valence-corrected chi connectivity index (χ3v) is 5.97. The Labute approximate surface area is 144 Å². The molecular formula is C17H21N3OS2. The van der Waals surface area contributed by atoms with Crippen molar-refractivity contribution in [1.29, 1.82) is 0 Å². The third-order valence-electron chi connectivity index (χ3n) is 4.07. The lowest BCUT2D eigenvalue weighted by Gasteiger charge is -2.32. The van der Waals surface area contributed by atoms with Crippen LogP contribution in [0.5, 0.6) is 0 Å². The highest BCUT2D eigenvalue weighted by molar-refractivity contribution is 7.12. The highest BCUT2D eigenvalue weighted by Gasteiger charge is 2.21. The van der Waals surface area contributed by atoms with Gasteiger partial charge in [-0.25, -0.2) is 4.98 Å². The highest BCUT2D eigenvalue weighted by atomic mass is 32.1. The molecule has 2 aromatic rings. The predicted molar refractivity (Wildman–Crippen MR) is 96.8 cm³/mol. The molecular weight excluding hydrogens is 326 g/mol. The lowest BCUT2D eigenvalue weighted by Crippen LogP contribution is -2.43. The fraction of sp³-hybridized carbons (Fsp3) is 0.412. The molecule has 0 radical (unpaired) electrons. The van der Waals surface area contributed by atoms with Crippen molar-refractivity contribution in [1.82, 2.24) is 15.2 Å². The number of nitrogens with one attached hydrogen (secondary N) is 1. The van der Waals surface area contributed by atoms with E-state index in [0.29, 0.717) is 12.6 Å². The number of rotatable bonds is 5. The number of carbonyl (C=O) groups is 1. The molecule has 1 aliphatic heterocycles. The van der Waals surface area contributed by atoms with Gasteiger partial charge in [-0.3, -0.25) is 9.69 Å². The molecule has 2 aromatic heterocycles. The Bertz CT molecular complexity index is 704. The normalized spacial score (nSPS) is 16.4. The fourth-order valence-corrected chi connectivity index (χ4v) is 4.27. The molecule has 1 N–H and O–H groups in total. The Morgan fingerprint density at radius 2 is 2.43 bits per heavy atom. The number of fused-ring (bicyclic) bond motifs is 1. The van der Waals surface area contributed by atoms with Gasteiger partial charge in [-0.05, 0) is 43.4 Å². The summed E-state index contributed by atoms with van der Waals surface area (Å²) in [5.74, 6) is -0.0452. The van der Waals surface area contributed by atoms with Gasteiger partial charge in [0.25, 0.3) is 0 Å². The number of aryl methyl sites for hydroxylation is 1. The molecule has 0 fully saturated rings. The van der Waals surface area contributed by atoms with Gasteiger partial charge in [-0.15, -0.1) is 22.7 Å². The van der Waals surface area contributed by atoms with Crippen molar-refractivity contribution >= 4 is 34.7 Å². The van der Waals surface area contributed by atoms with Crippen molar-refractivity contribution < 1.29 is 4.79 Å². The molecule has 3 heterocycles. The predicted octanol–water partition coefficient (Wildman–Crippen LogP) is 3.09. The molecule has 3 rings (SSSR count). The van der Waals surface area contributed by atoms with Gasteiger partial charge >= 0.3 is 0 Å². The van der Waals surface area contributed by atoms with Crippen LogP contribution in [0.2, 0.25) is 0 Å². The number of hydrogen-bond donors (Lipinski definition) is 1. The summed E-state index contributed by atoms with van der Waals surface area (Å²) in [5.41, 5.74) is 1.44. The summed E-state index contributed by atoms with van der Waals surface area (Å²) in [4.78, 5) is 21.1. The molecule has 0 spiro atoms. The van der Waals surface area contributed by atoms with E-state index < -0.39 is 0 Å². The number of thiophene rings is 1. The van der Waals surface area contributed by atoms with Crippen LogP contribution in [0.25, 0.3) is 6.08 Å². The summed E-state index contributed by atoms with van der Waals surface area (Å²) in [6.45, 7) is 6.87. The summed E-state index contributed by atoms with van der Waals surface area (Å²) in [6.07, 6.45) is 6.32. The minimum Gasteiger partial charge on any atom is -0.351 e. The molecule has 4 nitrogen and oxygen atoms in total. The molecule has 0 aromatic carbocycles. The van der Waals surface area contributed by atoms with Crippen molar-refractivity contribution in [3.8, 4) is 0 Å². The lowest BCUT2D eigenvalue weighted by atomic mass is 10.1. The summed E-state index contributed by atoms with van der Waals surface area (Å²) in [6, 6.07) is 2.56. The number of thiazole rings is 1. The Balaban J connectivity index is 1.46. The number of aromatic nitrogens is 1. The van der Waals surface area contributed by atoms with E-state index in [1.54, 1.807) is 23.6 Å². The standard InChI is InChI=1S/C17H21N3OS2/c1-12(20-7-5-16-14(11-20)6-8-22-16)9-19-17(21)4-3-15-10-18-13(2)23-15/h3-4,6,8,10,12H,5,7,9,11H2,1-2H3,(H,19,21)/b4-3+. The molecule has 0 bridgehead atoms. The Hall–Kier alpha value is -1.50. The average molecular weight is 348 g/mol. The quantitative estimate of drug-likeness (QED) is 0.846. The molecule has 1 unspecified atom stereocenters. The highest BCUT2D eigenvalue weighted by Crippen LogP contribution is 2.24. The van der Waals surface area contributed by atoms with Gasteiger partial charge in [0.05, 0.1) is 5.01 Å². The van der Waals surface area contributed by atoms with E-state index in [-0.39, 0.29) is 5.91 Å². The summed E-state index contributed by atoms with van der Waals surface area (Å²) < 4.78 is 0. The van der Waals surface area contributed by atoms with E-state index in [2.05, 4.69) is 33.6 Å². The third kappa shape index (κ3) is 4.28. The zero-order valence-electron chi connectivity index (χ0n) is 13.4. The first-order chi connectivity index (χ1) is 11.1. The van der Waals surface area contributed by atoms with Crippen LogP contribution < -0.4 is 5.32 Å². The van der Waals surface area contributed by atoms with Crippen molar-refractivity contribution in [2.45, 2.75) is 32.9 Å². The number of nitrogens with zero attached hydrogens (tertiary/aromatic N) is 2. The minimum absolute atomic E-state index is 0.0452. The van der Waals surface area contributed by atoms with Crippen molar-refractivity contribution in [2.75, 3.05) is 13.1 Å². The van der Waals surface area contributed by atoms with Crippen LogP contribution in [-0.4, -0.2) is 34.9 Å². The number of carbonyl (C=O) groups excluding carboxylic acids is 1. The Kier molecular flexibility index (Phi) is 5.25. The second-order valence-electron chi connectivity index (χ2n) is 5.80. The first-order valence-electron chi connectivity index (χ1n) is 7.79. The maximum atomic E-state index is 11.9. The van der Waals surface area contributed by atoms with Crippen LogP contribution in [0, 0.1) is 6.92 Å². The van der Waals surface area contributed by atoms with E-state index in [4.69, 9.17) is 0 Å². The monoisotopic (exact) mass is 347 g/mol. The second kappa shape index (κ2) is 7.38. The van der Waals surface area contributed by atoms with Gasteiger partial charge < -0.3 is 5.32 Å². The van der Waals surface area contributed by atoms with Crippen LogP contribution in [0.15, 0.2) is 23.7 Å². The zero-order chi connectivity index (χ0) is 16.2. The van der Waals surface area contributed by atoms with Crippen molar-refractivity contribution in [2.24, 2.45) is 0 Å². The zero-order valence-corrected chi connectivity index (χ0v) is 15.0. The minimum atomic E-state index is -0.0452. The van der Waals surface area contributed by atoms with Crippen LogP contribution in [0.1, 0.15) is 27.2 Å². The molecule has 1 atom stereocenters. The molecule has 122 valence electrons. The SMILES string of the molecule is Cc1ncc(/C=C/C(=O)NCC(C)N2CCc3sccc3C2)s1. The summed E-state index contributed by atoms with van der Waals surface area (Å²) >= 11 is 3.44. The molecule has 1 aliphatic rings. The average Bonchev–Trinajstić information content (AvgIpc) is 3.18. The topological polar surface area (TPSA) is 45.2 Å². The van der Waals surface area contributed by atoms with Gasteiger partial charge in [-0.2, -0.15) is 0 Å². The van der Waals surface area contributed by atoms with Crippen molar-refractivity contribution in [3.05, 3.63) is 44.0 Å². The summed E-state index contributed by atoms with van der Waals surface area (Å²) in [5, 5.41) is 6.18. The van der Waals surface area contributed by atoms with E-state index in [1.165, 1.54) is 10.4 Å². The maximum absolute atomic E-state index is 11.9. The number of hydrogen-bond acceptors (Lipinski definition) is 5. The smallest absolute Gasteiger partial charge is 0.244 e. The van der Waals surface area contributed by atoms with E-state index in [1.807, 2.05) is 24.3 Å². The molecule has 0 saturated carbocycles. The first kappa shape index (κ1) is 16.4. The maximum Gasteiger partial charge on any atom is 0.244 e. The van der Waals surface area contributed by atoms with Gasteiger partial charge in [0.1, 0.15) is 0 Å². The van der Waals surface area contributed by atoms with E-state index in [0.717, 1.165) is 29.4 Å². The van der Waals surface area contributed by atoms with Gasteiger partial charge in [0.15, 0.2) is 0 Å². The van der Waals surface area contributed by atoms with Crippen molar-refractivity contribution in [3.63, 3.8) is 0 Å². The fourth-order valence-electron chi connectivity index (χ4n) is 2.70. The molecule has 0 saturated heterocycles. The molecule has 0 aliphatic carbocycles. The summed E-state index contributed by atoms with van der Waals surface area (Å²) in [7, 11) is 0. The largest absolute Gasteiger partial charge is 0.351 e. The molecule has 1 amide bonds. The Morgan fingerprint density at radius 3 is 3.22 bits per heavy atom. The molecule has 6 heteroatoms. The van der Waals surface area contributed by atoms with Crippen LogP contribution >= 0.6 is 22.7 Å². The van der Waals surface area contributed by atoms with Gasteiger partial charge in [-0.1, -0.05) is 0 Å². The van der Waals surface area contributed by atoms with Crippen LogP contribution in [0.3, 0.4) is 0 Å². The van der Waals surface area contributed by atoms with E-state index >= 15 is 0 Å². The molecule has 23 heavy (non-hydrogen) atoms. The van der Waals surface area contributed by atoms with Gasteiger partial charge in [0, 0.05) is 47.7 Å².